The summed E-state index contributed by atoms with van der Waals surface area (Å²) < 4.78 is 2.68. The van der Waals surface area contributed by atoms with Crippen LogP contribution in [0.4, 0.5) is 0 Å². The summed E-state index contributed by atoms with van der Waals surface area (Å²) in [7, 11) is 0. The van der Waals surface area contributed by atoms with E-state index in [0.29, 0.717) is 0 Å². The average Bonchev–Trinajstić information content (AvgIpc) is 3.81. The van der Waals surface area contributed by atoms with Crippen LogP contribution >= 0.6 is 11.3 Å². The van der Waals surface area contributed by atoms with Crippen LogP contribution in [0.15, 0.2) is 170 Å². The van der Waals surface area contributed by atoms with Gasteiger partial charge in [-0.05, 0) is 118 Å². The molecule has 2 aliphatic carbocycles. The van der Waals surface area contributed by atoms with Gasteiger partial charge >= 0.3 is 0 Å². The molecule has 1 aromatic heterocycles. The van der Waals surface area contributed by atoms with Gasteiger partial charge in [0, 0.05) is 20.2 Å². The van der Waals surface area contributed by atoms with Crippen LogP contribution in [0.3, 0.4) is 0 Å². The molecule has 1 spiro atoms. The highest BCUT2D eigenvalue weighted by atomic mass is 32.1. The Morgan fingerprint density at radius 3 is 1.54 bits per heavy atom. The molecular formula is C49H28S. The fourth-order valence-electron chi connectivity index (χ4n) is 9.73. The van der Waals surface area contributed by atoms with E-state index in [1.54, 1.807) is 0 Å². The Labute approximate surface area is 293 Å². The molecule has 0 radical (unpaired) electrons. The smallest absolute Gasteiger partial charge is 0.0731 e. The highest BCUT2D eigenvalue weighted by Gasteiger charge is 2.52. The molecule has 230 valence electrons. The van der Waals surface area contributed by atoms with Gasteiger partial charge in [0.05, 0.1) is 5.41 Å². The van der Waals surface area contributed by atoms with Gasteiger partial charge in [-0.2, -0.15) is 0 Å². The van der Waals surface area contributed by atoms with Crippen molar-refractivity contribution in [1.82, 2.24) is 0 Å². The maximum Gasteiger partial charge on any atom is 0.0731 e. The lowest BCUT2D eigenvalue weighted by Gasteiger charge is -2.32. The quantitative estimate of drug-likeness (QED) is 0.155. The zero-order valence-corrected chi connectivity index (χ0v) is 27.9. The molecule has 0 aliphatic heterocycles. The van der Waals surface area contributed by atoms with Crippen molar-refractivity contribution in [1.29, 1.82) is 0 Å². The summed E-state index contributed by atoms with van der Waals surface area (Å²) in [5.41, 5.74) is 13.0. The van der Waals surface area contributed by atoms with Gasteiger partial charge in [0.2, 0.25) is 0 Å². The van der Waals surface area contributed by atoms with Crippen LogP contribution in [0.1, 0.15) is 22.3 Å². The first-order chi connectivity index (χ1) is 24.8. The van der Waals surface area contributed by atoms with Crippen molar-refractivity contribution in [3.05, 3.63) is 192 Å². The molecule has 0 N–H and O–H groups in total. The second kappa shape index (κ2) is 9.57. The molecule has 1 heterocycles. The minimum atomic E-state index is -0.457. The molecule has 0 saturated carbocycles. The van der Waals surface area contributed by atoms with Crippen LogP contribution in [0.5, 0.6) is 0 Å². The lowest BCUT2D eigenvalue weighted by Crippen LogP contribution is -2.26. The van der Waals surface area contributed by atoms with E-state index in [4.69, 9.17) is 0 Å². The maximum atomic E-state index is 2.57. The van der Waals surface area contributed by atoms with E-state index in [-0.39, 0.29) is 0 Å². The normalized spacial score (nSPS) is 15.7. The van der Waals surface area contributed by atoms with Crippen molar-refractivity contribution < 1.29 is 0 Å². The van der Waals surface area contributed by atoms with Crippen LogP contribution in [0.25, 0.3) is 85.9 Å². The van der Waals surface area contributed by atoms with Crippen LogP contribution in [-0.2, 0) is 5.41 Å². The van der Waals surface area contributed by atoms with E-state index in [9.17, 15) is 0 Å². The highest BCUT2D eigenvalue weighted by Crippen LogP contribution is 2.65. The largest absolute Gasteiger partial charge is 0.135 e. The van der Waals surface area contributed by atoms with Gasteiger partial charge in [-0.3, -0.25) is 0 Å². The Hall–Kier alpha value is -6.02. The predicted octanol–water partition coefficient (Wildman–Crippen LogP) is 13.5. The van der Waals surface area contributed by atoms with Gasteiger partial charge in [-0.1, -0.05) is 140 Å². The van der Waals surface area contributed by atoms with Crippen molar-refractivity contribution in [2.75, 3.05) is 0 Å². The molecule has 1 heteroatoms. The van der Waals surface area contributed by atoms with Crippen LogP contribution in [-0.4, -0.2) is 0 Å². The summed E-state index contributed by atoms with van der Waals surface area (Å²) in [6.45, 7) is 0. The van der Waals surface area contributed by atoms with Crippen molar-refractivity contribution in [3.63, 3.8) is 0 Å². The first-order valence-corrected chi connectivity index (χ1v) is 18.2. The Morgan fingerprint density at radius 1 is 0.300 bits per heavy atom. The second-order valence-electron chi connectivity index (χ2n) is 13.9. The molecule has 10 aromatic rings. The molecule has 0 amide bonds. The zero-order chi connectivity index (χ0) is 32.6. The Morgan fingerprint density at radius 2 is 0.820 bits per heavy atom. The predicted molar refractivity (Wildman–Crippen MR) is 214 cm³/mol. The molecule has 1 atom stereocenters. The van der Waals surface area contributed by atoms with Crippen molar-refractivity contribution in [2.24, 2.45) is 0 Å². The van der Waals surface area contributed by atoms with Gasteiger partial charge in [0.15, 0.2) is 0 Å². The Kier molecular flexibility index (Phi) is 5.14. The van der Waals surface area contributed by atoms with Crippen LogP contribution in [0, 0.1) is 0 Å². The molecule has 0 saturated heterocycles. The summed E-state index contributed by atoms with van der Waals surface area (Å²) in [6, 6.07) is 64.3. The van der Waals surface area contributed by atoms with E-state index in [1.807, 2.05) is 11.3 Å². The fourth-order valence-corrected chi connectivity index (χ4v) is 10.8. The van der Waals surface area contributed by atoms with E-state index < -0.39 is 5.41 Å². The number of benzene rings is 9. The van der Waals surface area contributed by atoms with Crippen LogP contribution in [0.2, 0.25) is 0 Å². The summed E-state index contributed by atoms with van der Waals surface area (Å²) in [4.78, 5) is 0. The van der Waals surface area contributed by atoms with E-state index in [0.717, 1.165) is 0 Å². The fraction of sp³-hybridized carbons (Fsp3) is 0.0204. The van der Waals surface area contributed by atoms with Gasteiger partial charge < -0.3 is 0 Å². The molecule has 1 unspecified atom stereocenters. The molecule has 50 heavy (non-hydrogen) atoms. The average molecular weight is 649 g/mol. The Balaban J connectivity index is 1.25. The maximum absolute atomic E-state index is 2.57. The highest BCUT2D eigenvalue weighted by molar-refractivity contribution is 7.25. The minimum absolute atomic E-state index is 0.457. The van der Waals surface area contributed by atoms with Crippen molar-refractivity contribution in [2.45, 2.75) is 5.41 Å². The third kappa shape index (κ3) is 3.22. The summed E-state index contributed by atoms with van der Waals surface area (Å²) in [5.74, 6) is 0. The zero-order valence-electron chi connectivity index (χ0n) is 27.1. The molecule has 2 aliphatic rings. The lowest BCUT2D eigenvalue weighted by molar-refractivity contribution is 0.797. The molecular weight excluding hydrogens is 621 g/mol. The molecule has 0 nitrogen and oxygen atoms in total. The Bertz CT molecular complexity index is 3100. The third-order valence-corrected chi connectivity index (χ3v) is 12.8. The first-order valence-electron chi connectivity index (χ1n) is 17.4. The van der Waals surface area contributed by atoms with E-state index >= 15 is 0 Å². The lowest BCUT2D eigenvalue weighted by atomic mass is 9.68. The molecule has 0 fully saturated rings. The number of fused-ring (bicyclic) bond motifs is 19. The monoisotopic (exact) mass is 648 g/mol. The van der Waals surface area contributed by atoms with Crippen molar-refractivity contribution in [3.8, 4) is 33.4 Å². The first kappa shape index (κ1) is 26.9. The summed E-state index contributed by atoms with van der Waals surface area (Å²) >= 11 is 1.88. The number of thiophene rings is 1. The third-order valence-electron chi connectivity index (χ3n) is 11.7. The molecule has 9 aromatic carbocycles. The van der Waals surface area contributed by atoms with Gasteiger partial charge in [-0.15, -0.1) is 11.3 Å². The van der Waals surface area contributed by atoms with Gasteiger partial charge in [-0.25, -0.2) is 0 Å². The number of rotatable bonds is 1. The van der Waals surface area contributed by atoms with Gasteiger partial charge in [0.25, 0.3) is 0 Å². The number of hydrogen-bond donors (Lipinski definition) is 0. The summed E-state index contributed by atoms with van der Waals surface area (Å²) in [5, 5.41) is 10.6. The summed E-state index contributed by atoms with van der Waals surface area (Å²) in [6.07, 6.45) is 0. The molecule has 12 rings (SSSR count). The minimum Gasteiger partial charge on any atom is -0.135 e. The SMILES string of the molecule is c1ccc2c(c1)-c1cc3c4ccccc4c4ccccc4c3cc1C21c2ccccc2-c2cccc(-c3ccc4sc5ccccc5c4c3)c21. The van der Waals surface area contributed by atoms with Crippen LogP contribution < -0.4 is 0 Å². The van der Waals surface area contributed by atoms with Crippen molar-refractivity contribution >= 4 is 63.8 Å². The van der Waals surface area contributed by atoms with Gasteiger partial charge in [0.1, 0.15) is 0 Å². The number of hydrogen-bond acceptors (Lipinski definition) is 1. The second-order valence-corrected chi connectivity index (χ2v) is 15.0. The topological polar surface area (TPSA) is 0 Å². The van der Waals surface area contributed by atoms with E-state index in [2.05, 4.69) is 170 Å². The molecule has 0 bridgehead atoms. The van der Waals surface area contributed by atoms with E-state index in [1.165, 1.54) is 108 Å². The standard InChI is InChI=1S/C49H28S/c1-3-14-33-31(12-1)32-13-2-4-15-34(32)40-28-45-41(27-39(33)40)36-17-6-9-22-44(36)49(45)43-21-8-5-16-35(43)38-20-11-19-30(48(38)49)29-24-25-47-42(26-29)37-18-7-10-23-46(37)50-47/h1-28H.